The summed E-state index contributed by atoms with van der Waals surface area (Å²) in [4.78, 5) is 12.9. The first-order valence-electron chi connectivity index (χ1n) is 9.86. The van der Waals surface area contributed by atoms with Crippen molar-refractivity contribution in [3.63, 3.8) is 0 Å². The Bertz CT molecular complexity index is 1220. The fourth-order valence-electron chi connectivity index (χ4n) is 2.64. The molecule has 0 amide bonds. The fourth-order valence-corrected chi connectivity index (χ4v) is 4.74. The molecule has 36 heavy (non-hydrogen) atoms. The van der Waals surface area contributed by atoms with Crippen molar-refractivity contribution in [1.29, 1.82) is 0 Å². The predicted octanol–water partition coefficient (Wildman–Crippen LogP) is 4.94. The Kier molecular flexibility index (Phi) is 8.71. The Labute approximate surface area is 203 Å². The van der Waals surface area contributed by atoms with Crippen LogP contribution in [0.5, 0.6) is 5.75 Å². The number of nitrogen functional groups attached to an aromatic ring is 1. The molecule has 3 N–H and O–H groups in total. The lowest BCUT2D eigenvalue weighted by molar-refractivity contribution is -0.170. The maximum Gasteiger partial charge on any atom is 0.475 e. The van der Waals surface area contributed by atoms with Crippen molar-refractivity contribution >= 4 is 36.7 Å². The van der Waals surface area contributed by atoms with Crippen LogP contribution in [0.25, 0.3) is 11.2 Å². The average molecular weight is 561 g/mol. The summed E-state index contributed by atoms with van der Waals surface area (Å²) in [5.41, 5.74) is 6.37. The van der Waals surface area contributed by atoms with Crippen molar-refractivity contribution in [1.82, 2.24) is 19.5 Å². The van der Waals surface area contributed by atoms with E-state index in [1.165, 1.54) is 17.0 Å². The summed E-state index contributed by atoms with van der Waals surface area (Å²) in [5.74, 6) is -0.0987. The van der Waals surface area contributed by atoms with Gasteiger partial charge in [0, 0.05) is 6.54 Å². The van der Waals surface area contributed by atoms with Gasteiger partial charge in [-0.25, -0.2) is 14.5 Å². The van der Waals surface area contributed by atoms with Gasteiger partial charge in [0.2, 0.25) is 5.95 Å². The molecule has 1 aromatic carbocycles. The number of aryl methyl sites for hydroxylation is 1. The third kappa shape index (κ3) is 8.23. The number of fused-ring (bicyclic) bond motifs is 1. The van der Waals surface area contributed by atoms with Crippen LogP contribution in [-0.4, -0.2) is 56.8 Å². The molecule has 0 aliphatic heterocycles. The molecule has 0 atom stereocenters. The van der Waals surface area contributed by atoms with Crippen molar-refractivity contribution in [3.8, 4) is 5.75 Å². The highest BCUT2D eigenvalue weighted by Gasteiger charge is 2.39. The zero-order valence-electron chi connectivity index (χ0n) is 18.0. The highest BCUT2D eigenvalue weighted by molar-refractivity contribution is 7.99. The molecule has 2 heterocycles. The van der Waals surface area contributed by atoms with E-state index in [0.717, 1.165) is 11.8 Å². The number of hydrogen-bond donors (Lipinski definition) is 2. The molecule has 0 radical (unpaired) electrons. The van der Waals surface area contributed by atoms with Crippen molar-refractivity contribution in [2.45, 2.75) is 35.2 Å². The monoisotopic (exact) mass is 561 g/mol. The maximum absolute atomic E-state index is 12.4. The fraction of sp³-hybridized carbons (Fsp3) is 0.389. The average Bonchev–Trinajstić information content (AvgIpc) is 3.18. The first kappa shape index (κ1) is 28.0. The Morgan fingerprint density at radius 3 is 2.28 bits per heavy atom. The minimum Gasteiger partial charge on any atom is -0.507 e. The van der Waals surface area contributed by atoms with Gasteiger partial charge in [0.1, 0.15) is 16.3 Å². The zero-order chi connectivity index (χ0) is 26.6. The number of aromatic nitrogens is 4. The summed E-state index contributed by atoms with van der Waals surface area (Å²) in [7, 11) is -5.16. The zero-order valence-corrected chi connectivity index (χ0v) is 19.7. The topological polar surface area (TPSA) is 135 Å². The number of phosphoric ester groups is 1. The highest BCUT2D eigenvalue weighted by atomic mass is 32.2. The van der Waals surface area contributed by atoms with Gasteiger partial charge in [-0.05, 0) is 18.6 Å². The second kappa shape index (κ2) is 11.2. The van der Waals surface area contributed by atoms with Crippen LogP contribution in [0.4, 0.5) is 32.3 Å². The van der Waals surface area contributed by atoms with E-state index in [0.29, 0.717) is 15.4 Å². The molecular weight excluding hydrogens is 543 g/mol. The predicted molar refractivity (Wildman–Crippen MR) is 114 cm³/mol. The third-order valence-corrected chi connectivity index (χ3v) is 6.52. The summed E-state index contributed by atoms with van der Waals surface area (Å²) in [5, 5.41) is 10.3. The van der Waals surface area contributed by atoms with Crippen molar-refractivity contribution in [2.24, 2.45) is 0 Å². The van der Waals surface area contributed by atoms with Crippen LogP contribution in [0.1, 0.15) is 6.42 Å². The molecule has 10 nitrogen and oxygen atoms in total. The smallest absolute Gasteiger partial charge is 0.475 e. The first-order chi connectivity index (χ1) is 16.7. The van der Waals surface area contributed by atoms with Gasteiger partial charge in [0.05, 0.1) is 17.8 Å². The Morgan fingerprint density at radius 1 is 1.03 bits per heavy atom. The number of phosphoric acid groups is 1. The number of alkyl halides is 6. The molecule has 18 heteroatoms. The first-order valence-corrected chi connectivity index (χ1v) is 12.1. The Morgan fingerprint density at radius 2 is 1.67 bits per heavy atom. The number of nitrogens with zero attached hydrogens (tertiary/aromatic N) is 4. The molecule has 0 saturated heterocycles. The number of anilines is 1. The summed E-state index contributed by atoms with van der Waals surface area (Å²) < 4.78 is 101. The number of para-hydroxylation sites is 1. The van der Waals surface area contributed by atoms with Crippen LogP contribution >= 0.6 is 19.6 Å². The second-order valence-electron chi connectivity index (χ2n) is 6.98. The van der Waals surface area contributed by atoms with Crippen LogP contribution in [0.15, 0.2) is 40.5 Å². The van der Waals surface area contributed by atoms with Gasteiger partial charge in [-0.15, -0.1) is 0 Å². The molecule has 0 saturated carbocycles. The van der Waals surface area contributed by atoms with Crippen LogP contribution < -0.4 is 5.73 Å². The molecule has 3 rings (SSSR count). The molecule has 0 spiro atoms. The lowest BCUT2D eigenvalue weighted by atomic mass is 10.3. The van der Waals surface area contributed by atoms with Gasteiger partial charge in [0.25, 0.3) is 0 Å². The van der Waals surface area contributed by atoms with Gasteiger partial charge in [0.15, 0.2) is 18.9 Å². The van der Waals surface area contributed by atoms with E-state index in [4.69, 9.17) is 5.73 Å². The highest BCUT2D eigenvalue weighted by Crippen LogP contribution is 2.51. The number of halogens is 6. The molecule has 2 aromatic heterocycles. The quantitative estimate of drug-likeness (QED) is 0.144. The minimum absolute atomic E-state index is 0.00864. The van der Waals surface area contributed by atoms with Gasteiger partial charge >= 0.3 is 20.2 Å². The lowest BCUT2D eigenvalue weighted by Gasteiger charge is -2.19. The number of benzene rings is 1. The number of aromatic hydroxyl groups is 1. The molecule has 0 bridgehead atoms. The van der Waals surface area contributed by atoms with Crippen molar-refractivity contribution in [3.05, 3.63) is 30.6 Å². The van der Waals surface area contributed by atoms with Crippen LogP contribution in [0.3, 0.4) is 0 Å². The van der Waals surface area contributed by atoms with Gasteiger partial charge in [-0.2, -0.15) is 31.3 Å². The standard InChI is InChI=1S/C18H18F6N5O5PS/c19-17(20,21)8-33-35(31,34-9-18(22,23)24)32-7-3-6-29-10-26-13-14(29)27-16(25)28-15(13)36-12-5-2-1-4-11(12)30/h1-2,4-5,10,30H,3,6-9H2,(H2,25,27,28). The minimum atomic E-state index is -5.16. The second-order valence-corrected chi connectivity index (χ2v) is 9.68. The molecule has 0 fully saturated rings. The Hall–Kier alpha value is -2.59. The lowest BCUT2D eigenvalue weighted by Crippen LogP contribution is -2.20. The molecular formula is C18H18F6N5O5PS. The molecule has 0 aliphatic carbocycles. The summed E-state index contributed by atoms with van der Waals surface area (Å²) in [6.45, 7) is -4.78. The third-order valence-electron chi connectivity index (χ3n) is 4.09. The van der Waals surface area contributed by atoms with E-state index in [2.05, 4.69) is 28.5 Å². The number of phenols is 1. The number of phenolic OH excluding ortho intramolecular Hbond substituents is 1. The maximum atomic E-state index is 12.4. The molecule has 0 unspecified atom stereocenters. The van der Waals surface area contributed by atoms with E-state index < -0.39 is 40.0 Å². The van der Waals surface area contributed by atoms with Gasteiger partial charge < -0.3 is 15.4 Å². The van der Waals surface area contributed by atoms with Crippen LogP contribution in [0.2, 0.25) is 0 Å². The van der Waals surface area contributed by atoms with E-state index in [1.54, 1.807) is 18.2 Å². The van der Waals surface area contributed by atoms with E-state index >= 15 is 0 Å². The molecule has 198 valence electrons. The number of imidazole rings is 1. The van der Waals surface area contributed by atoms with E-state index in [1.807, 2.05) is 0 Å². The van der Waals surface area contributed by atoms with Crippen LogP contribution in [-0.2, 0) is 24.7 Å². The van der Waals surface area contributed by atoms with Crippen molar-refractivity contribution < 1.29 is 49.6 Å². The largest absolute Gasteiger partial charge is 0.507 e. The Balaban J connectivity index is 1.67. The van der Waals surface area contributed by atoms with Gasteiger partial charge in [-0.1, -0.05) is 23.9 Å². The van der Waals surface area contributed by atoms with Crippen LogP contribution in [0, 0.1) is 0 Å². The molecule has 3 aromatic rings. The normalized spacial score (nSPS) is 12.9. The molecule has 0 aliphatic rings. The summed E-state index contributed by atoms with van der Waals surface area (Å²) in [6.07, 6.45) is -8.63. The van der Waals surface area contributed by atoms with E-state index in [-0.39, 0.29) is 30.3 Å². The van der Waals surface area contributed by atoms with E-state index in [9.17, 15) is 36.0 Å². The summed E-state index contributed by atoms with van der Waals surface area (Å²) >= 11 is 1.08. The van der Waals surface area contributed by atoms with Crippen molar-refractivity contribution in [2.75, 3.05) is 25.6 Å². The summed E-state index contributed by atoms with van der Waals surface area (Å²) in [6, 6.07) is 6.48. The van der Waals surface area contributed by atoms with Gasteiger partial charge in [-0.3, -0.25) is 13.6 Å². The number of hydrogen-bond acceptors (Lipinski definition) is 10. The SMILES string of the molecule is Nc1nc(Sc2ccccc2O)c2ncn(CCCOP(=O)(OCC(F)(F)F)OCC(F)(F)F)c2n1. The number of rotatable bonds is 11. The number of nitrogens with two attached hydrogens (primary N) is 1.